The molecule has 0 spiro atoms. The van der Waals surface area contributed by atoms with E-state index >= 15 is 0 Å². The molecule has 2 aliphatic carbocycles. The number of aromatic nitrogens is 4. The van der Waals surface area contributed by atoms with Crippen LogP contribution in [0.2, 0.25) is 0 Å². The Morgan fingerprint density at radius 1 is 1.23 bits per heavy atom. The van der Waals surface area contributed by atoms with Crippen LogP contribution in [0.3, 0.4) is 0 Å². The van der Waals surface area contributed by atoms with E-state index in [-0.39, 0.29) is 17.2 Å². The zero-order valence-corrected chi connectivity index (χ0v) is 16.9. The summed E-state index contributed by atoms with van der Waals surface area (Å²) in [5.74, 6) is 2.05. The van der Waals surface area contributed by atoms with E-state index in [9.17, 15) is 4.79 Å². The number of aromatic amines is 1. The van der Waals surface area contributed by atoms with Crippen LogP contribution in [0.25, 0.3) is 11.4 Å². The summed E-state index contributed by atoms with van der Waals surface area (Å²) in [6, 6.07) is 9.93. The fourth-order valence-corrected chi connectivity index (χ4v) is 5.81. The molecular formula is C23H25N5O2. The Labute approximate surface area is 174 Å². The second kappa shape index (κ2) is 6.79. The van der Waals surface area contributed by atoms with Crippen LogP contribution in [0.5, 0.6) is 0 Å². The van der Waals surface area contributed by atoms with Crippen molar-refractivity contribution in [2.75, 3.05) is 13.1 Å². The summed E-state index contributed by atoms with van der Waals surface area (Å²) in [6.07, 6.45) is 7.76. The zero-order chi connectivity index (χ0) is 20.1. The number of benzene rings is 1. The van der Waals surface area contributed by atoms with Gasteiger partial charge >= 0.3 is 0 Å². The van der Waals surface area contributed by atoms with E-state index < -0.39 is 0 Å². The minimum atomic E-state index is -0.191. The van der Waals surface area contributed by atoms with Crippen LogP contribution in [-0.4, -0.2) is 44.2 Å². The summed E-state index contributed by atoms with van der Waals surface area (Å²) < 4.78 is 5.80. The standard InChI is InChI=1S/C23H25N5O2/c29-21(16-8-9-17-12-24-26-19(17)11-16)28-13-18-7-4-10-23(18,14-28)22-25-20(27-30-22)15-5-2-1-3-6-15/h1-3,5-6,12,16,18H,4,7-11,13-14H2,(H,24,26)/t16-,18-,23-/m1/s1. The lowest BCUT2D eigenvalue weighted by Gasteiger charge is -2.28. The third-order valence-corrected chi connectivity index (χ3v) is 7.44. The first-order chi connectivity index (χ1) is 14.7. The molecule has 0 bridgehead atoms. The fraction of sp³-hybridized carbons (Fsp3) is 0.478. The molecule has 0 unspecified atom stereocenters. The van der Waals surface area contributed by atoms with Gasteiger partial charge in [-0.05, 0) is 37.2 Å². The molecule has 1 amide bonds. The molecule has 3 aliphatic rings. The number of likely N-dealkylation sites (tertiary alicyclic amines) is 1. The maximum absolute atomic E-state index is 13.4. The molecule has 1 saturated carbocycles. The molecule has 6 rings (SSSR count). The Balaban J connectivity index is 1.24. The molecule has 2 fully saturated rings. The summed E-state index contributed by atoms with van der Waals surface area (Å²) in [6.45, 7) is 1.49. The van der Waals surface area contributed by atoms with Gasteiger partial charge in [0.05, 0.1) is 11.6 Å². The van der Waals surface area contributed by atoms with E-state index in [1.54, 1.807) is 0 Å². The van der Waals surface area contributed by atoms with Crippen LogP contribution in [0.1, 0.15) is 42.8 Å². The number of amides is 1. The van der Waals surface area contributed by atoms with Gasteiger partial charge in [-0.2, -0.15) is 10.1 Å². The van der Waals surface area contributed by atoms with Crippen LogP contribution in [0.15, 0.2) is 41.1 Å². The van der Waals surface area contributed by atoms with Crippen molar-refractivity contribution in [3.63, 3.8) is 0 Å². The molecule has 154 valence electrons. The van der Waals surface area contributed by atoms with E-state index in [2.05, 4.69) is 20.3 Å². The highest BCUT2D eigenvalue weighted by Gasteiger charge is 2.55. The minimum absolute atomic E-state index is 0.0383. The van der Waals surface area contributed by atoms with Gasteiger partial charge in [-0.3, -0.25) is 9.89 Å². The van der Waals surface area contributed by atoms with Gasteiger partial charge in [-0.25, -0.2) is 0 Å². The number of nitrogens with one attached hydrogen (secondary N) is 1. The summed E-state index contributed by atoms with van der Waals surface area (Å²) >= 11 is 0. The molecule has 1 aliphatic heterocycles. The monoisotopic (exact) mass is 403 g/mol. The first-order valence-electron chi connectivity index (χ1n) is 10.9. The maximum Gasteiger partial charge on any atom is 0.235 e. The van der Waals surface area contributed by atoms with Gasteiger partial charge in [0.1, 0.15) is 0 Å². The Hall–Kier alpha value is -2.96. The predicted molar refractivity (Wildman–Crippen MR) is 109 cm³/mol. The van der Waals surface area contributed by atoms with Crippen molar-refractivity contribution in [2.24, 2.45) is 11.8 Å². The highest BCUT2D eigenvalue weighted by molar-refractivity contribution is 5.80. The Bertz CT molecular complexity index is 1070. The highest BCUT2D eigenvalue weighted by Crippen LogP contribution is 2.50. The minimum Gasteiger partial charge on any atom is -0.341 e. The van der Waals surface area contributed by atoms with Crippen LogP contribution < -0.4 is 0 Å². The topological polar surface area (TPSA) is 87.9 Å². The zero-order valence-electron chi connectivity index (χ0n) is 16.9. The summed E-state index contributed by atoms with van der Waals surface area (Å²) in [7, 11) is 0. The number of hydrogen-bond donors (Lipinski definition) is 1. The van der Waals surface area contributed by atoms with Crippen LogP contribution in [-0.2, 0) is 23.1 Å². The molecule has 0 radical (unpaired) electrons. The Morgan fingerprint density at radius 2 is 2.13 bits per heavy atom. The molecule has 1 saturated heterocycles. The van der Waals surface area contributed by atoms with Crippen molar-refractivity contribution >= 4 is 5.91 Å². The quantitative estimate of drug-likeness (QED) is 0.726. The van der Waals surface area contributed by atoms with E-state index in [1.165, 1.54) is 5.56 Å². The molecule has 3 atom stereocenters. The molecular weight excluding hydrogens is 378 g/mol. The normalized spacial score (nSPS) is 27.8. The first-order valence-corrected chi connectivity index (χ1v) is 10.9. The average Bonchev–Trinajstić information content (AvgIpc) is 3.55. The lowest BCUT2D eigenvalue weighted by molar-refractivity contribution is -0.135. The number of carbonyl (C=O) groups is 1. The third kappa shape index (κ3) is 2.71. The van der Waals surface area contributed by atoms with Crippen molar-refractivity contribution in [1.29, 1.82) is 0 Å². The molecule has 1 aromatic carbocycles. The van der Waals surface area contributed by atoms with E-state index in [1.807, 2.05) is 36.5 Å². The third-order valence-electron chi connectivity index (χ3n) is 7.44. The van der Waals surface area contributed by atoms with Crippen molar-refractivity contribution < 1.29 is 9.32 Å². The fourth-order valence-electron chi connectivity index (χ4n) is 5.81. The van der Waals surface area contributed by atoms with Gasteiger partial charge in [-0.1, -0.05) is 41.9 Å². The van der Waals surface area contributed by atoms with Gasteiger partial charge in [-0.15, -0.1) is 0 Å². The Morgan fingerprint density at radius 3 is 3.03 bits per heavy atom. The number of rotatable bonds is 3. The van der Waals surface area contributed by atoms with Gasteiger partial charge in [0.2, 0.25) is 17.6 Å². The number of H-pyrrole nitrogens is 1. The molecule has 7 nitrogen and oxygen atoms in total. The number of nitrogens with zero attached hydrogens (tertiary/aromatic N) is 4. The SMILES string of the molecule is O=C([C@@H]1CCc2cn[nH]c2C1)N1C[C@H]2CCC[C@@]2(c2nc(-c3ccccc3)no2)C1. The lowest BCUT2D eigenvalue weighted by Crippen LogP contribution is -2.39. The number of aryl methyl sites for hydroxylation is 1. The van der Waals surface area contributed by atoms with Crippen molar-refractivity contribution in [3.8, 4) is 11.4 Å². The van der Waals surface area contributed by atoms with Gasteiger partial charge in [0.25, 0.3) is 0 Å². The molecule has 3 aromatic rings. The Kier molecular flexibility index (Phi) is 4.04. The molecule has 3 heterocycles. The maximum atomic E-state index is 13.4. The summed E-state index contributed by atoms with van der Waals surface area (Å²) in [5.41, 5.74) is 3.15. The number of hydrogen-bond acceptors (Lipinski definition) is 5. The molecule has 1 N–H and O–H groups in total. The summed E-state index contributed by atoms with van der Waals surface area (Å²) in [4.78, 5) is 20.3. The van der Waals surface area contributed by atoms with Gasteiger partial charge in [0, 0.05) is 36.7 Å². The largest absolute Gasteiger partial charge is 0.341 e. The van der Waals surface area contributed by atoms with Gasteiger partial charge < -0.3 is 9.42 Å². The summed E-state index contributed by atoms with van der Waals surface area (Å²) in [5, 5.41) is 11.5. The molecule has 7 heteroatoms. The number of carbonyl (C=O) groups excluding carboxylic acids is 1. The van der Waals surface area contributed by atoms with E-state index in [0.29, 0.717) is 24.2 Å². The highest BCUT2D eigenvalue weighted by atomic mass is 16.5. The van der Waals surface area contributed by atoms with Crippen LogP contribution in [0, 0.1) is 11.8 Å². The molecule has 2 aromatic heterocycles. The average molecular weight is 403 g/mol. The second-order valence-electron chi connectivity index (χ2n) is 9.07. The van der Waals surface area contributed by atoms with Crippen LogP contribution >= 0.6 is 0 Å². The van der Waals surface area contributed by atoms with Crippen molar-refractivity contribution in [2.45, 2.75) is 43.9 Å². The van der Waals surface area contributed by atoms with Crippen LogP contribution in [0.4, 0.5) is 0 Å². The van der Waals surface area contributed by atoms with Crippen molar-refractivity contribution in [1.82, 2.24) is 25.2 Å². The first kappa shape index (κ1) is 17.9. The van der Waals surface area contributed by atoms with E-state index in [0.717, 1.165) is 56.3 Å². The predicted octanol–water partition coefficient (Wildman–Crippen LogP) is 3.14. The van der Waals surface area contributed by atoms with Gasteiger partial charge in [0.15, 0.2) is 0 Å². The number of fused-ring (bicyclic) bond motifs is 2. The second-order valence-corrected chi connectivity index (χ2v) is 9.07. The molecule has 30 heavy (non-hydrogen) atoms. The lowest BCUT2D eigenvalue weighted by atomic mass is 9.80. The van der Waals surface area contributed by atoms with Crippen molar-refractivity contribution in [3.05, 3.63) is 53.7 Å². The van der Waals surface area contributed by atoms with E-state index in [4.69, 9.17) is 9.51 Å². The smallest absolute Gasteiger partial charge is 0.235 e.